The molecule has 1 N–H and O–H groups in total. The maximum Gasteiger partial charge on any atom is 0.161 e. The fourth-order valence-electron chi connectivity index (χ4n) is 7.11. The van der Waals surface area contributed by atoms with Crippen molar-refractivity contribution in [3.05, 3.63) is 0 Å². The molecule has 7 atom stereocenters. The SMILES string of the molecule is C[C@@]12CCC(=O)[C@H](O)[C@@H]1CC[C@H]1[C@H]2CC[C@]2(C)C(=O)CCC[C@@H]12. The lowest BCUT2D eigenvalue weighted by molar-refractivity contribution is -0.170. The van der Waals surface area contributed by atoms with E-state index in [0.29, 0.717) is 30.0 Å². The molecule has 0 radical (unpaired) electrons. The largest absolute Gasteiger partial charge is 0.385 e. The highest BCUT2D eigenvalue weighted by atomic mass is 16.3. The number of hydrogen-bond acceptors (Lipinski definition) is 3. The minimum atomic E-state index is -0.740. The Morgan fingerprint density at radius 2 is 1.70 bits per heavy atom. The highest BCUT2D eigenvalue weighted by Crippen LogP contribution is 2.64. The van der Waals surface area contributed by atoms with Gasteiger partial charge in [-0.25, -0.2) is 0 Å². The van der Waals surface area contributed by atoms with Crippen molar-refractivity contribution in [3.63, 3.8) is 0 Å². The van der Waals surface area contributed by atoms with E-state index < -0.39 is 6.10 Å². The van der Waals surface area contributed by atoms with Crippen LogP contribution >= 0.6 is 0 Å². The van der Waals surface area contributed by atoms with E-state index in [4.69, 9.17) is 0 Å². The highest BCUT2D eigenvalue weighted by Gasteiger charge is 2.60. The maximum absolute atomic E-state index is 12.6. The predicted molar refractivity (Wildman–Crippen MR) is 87.7 cm³/mol. The summed E-state index contributed by atoms with van der Waals surface area (Å²) in [5.41, 5.74) is 0.00375. The number of carbonyl (C=O) groups excluding carboxylic acids is 2. The number of fused-ring (bicyclic) bond motifs is 5. The Hall–Kier alpha value is -0.700. The van der Waals surface area contributed by atoms with E-state index in [2.05, 4.69) is 13.8 Å². The van der Waals surface area contributed by atoms with Crippen LogP contribution in [-0.2, 0) is 9.59 Å². The zero-order valence-electron chi connectivity index (χ0n) is 14.5. The van der Waals surface area contributed by atoms with E-state index in [0.717, 1.165) is 44.9 Å². The third-order valence-corrected chi connectivity index (χ3v) is 8.51. The van der Waals surface area contributed by atoms with Crippen LogP contribution in [0.5, 0.6) is 0 Å². The topological polar surface area (TPSA) is 54.4 Å². The summed E-state index contributed by atoms with van der Waals surface area (Å²) in [4.78, 5) is 24.6. The van der Waals surface area contributed by atoms with Crippen LogP contribution in [0.4, 0.5) is 0 Å². The van der Waals surface area contributed by atoms with Crippen LogP contribution in [0.25, 0.3) is 0 Å². The first-order valence-electron chi connectivity index (χ1n) is 9.62. The van der Waals surface area contributed by atoms with Crippen molar-refractivity contribution in [2.45, 2.75) is 77.7 Å². The van der Waals surface area contributed by atoms with E-state index >= 15 is 0 Å². The van der Waals surface area contributed by atoms with Gasteiger partial charge in [0.25, 0.3) is 0 Å². The van der Waals surface area contributed by atoms with E-state index in [9.17, 15) is 14.7 Å². The zero-order chi connectivity index (χ0) is 16.4. The molecule has 23 heavy (non-hydrogen) atoms. The summed E-state index contributed by atoms with van der Waals surface area (Å²) in [5, 5.41) is 10.4. The highest BCUT2D eigenvalue weighted by molar-refractivity contribution is 5.86. The summed E-state index contributed by atoms with van der Waals surface area (Å²) in [6.07, 6.45) is 7.96. The first-order chi connectivity index (χ1) is 10.9. The predicted octanol–water partition coefficient (Wildman–Crippen LogP) is 3.53. The van der Waals surface area contributed by atoms with Crippen LogP contribution in [0.15, 0.2) is 0 Å². The van der Waals surface area contributed by atoms with Gasteiger partial charge < -0.3 is 5.11 Å². The molecule has 4 fully saturated rings. The van der Waals surface area contributed by atoms with Crippen LogP contribution in [0, 0.1) is 34.5 Å². The minimum Gasteiger partial charge on any atom is -0.385 e. The van der Waals surface area contributed by atoms with Gasteiger partial charge in [0.2, 0.25) is 0 Å². The van der Waals surface area contributed by atoms with Gasteiger partial charge in [0.05, 0.1) is 0 Å². The van der Waals surface area contributed by atoms with E-state index in [1.165, 1.54) is 6.42 Å². The molecule has 3 heteroatoms. The molecule has 0 heterocycles. The third kappa shape index (κ3) is 2.04. The van der Waals surface area contributed by atoms with Crippen molar-refractivity contribution in [3.8, 4) is 0 Å². The standard InChI is InChI=1S/C20H30O3/c1-19-11-9-16(21)18(23)15(19)7-6-12-13-4-3-5-17(22)20(13,2)10-8-14(12)19/h12-15,18,23H,3-11H2,1-2H3/t12-,13+,14-,15+,18-,19+,20+/m1/s1. The second kappa shape index (κ2) is 5.15. The summed E-state index contributed by atoms with van der Waals surface area (Å²) in [5.74, 6) is 2.45. The van der Waals surface area contributed by atoms with Crippen molar-refractivity contribution in [1.29, 1.82) is 0 Å². The molecule has 0 unspecified atom stereocenters. The van der Waals surface area contributed by atoms with Crippen molar-refractivity contribution < 1.29 is 14.7 Å². The Kier molecular flexibility index (Phi) is 3.54. The number of rotatable bonds is 0. The lowest BCUT2D eigenvalue weighted by Crippen LogP contribution is -2.59. The van der Waals surface area contributed by atoms with Gasteiger partial charge in [-0.15, -0.1) is 0 Å². The number of ketones is 2. The fraction of sp³-hybridized carbons (Fsp3) is 0.900. The zero-order valence-corrected chi connectivity index (χ0v) is 14.5. The Morgan fingerprint density at radius 1 is 0.913 bits per heavy atom. The van der Waals surface area contributed by atoms with Crippen LogP contribution in [0.2, 0.25) is 0 Å². The van der Waals surface area contributed by atoms with Gasteiger partial charge in [0, 0.05) is 18.3 Å². The lowest BCUT2D eigenvalue weighted by atomic mass is 9.42. The quantitative estimate of drug-likeness (QED) is 0.743. The van der Waals surface area contributed by atoms with Gasteiger partial charge in [-0.2, -0.15) is 0 Å². The van der Waals surface area contributed by atoms with Crippen LogP contribution in [-0.4, -0.2) is 22.8 Å². The van der Waals surface area contributed by atoms with Gasteiger partial charge >= 0.3 is 0 Å². The molecule has 4 aliphatic carbocycles. The molecule has 4 aliphatic rings. The summed E-state index contributed by atoms with van der Waals surface area (Å²) >= 11 is 0. The average Bonchev–Trinajstić information content (AvgIpc) is 2.52. The molecule has 0 aliphatic heterocycles. The minimum absolute atomic E-state index is 0.0550. The number of aliphatic hydroxyl groups is 1. The van der Waals surface area contributed by atoms with Crippen molar-refractivity contribution in [1.82, 2.24) is 0 Å². The Labute approximate surface area is 139 Å². The number of aliphatic hydroxyl groups excluding tert-OH is 1. The molecule has 0 aromatic rings. The number of carbonyl (C=O) groups is 2. The Bertz CT molecular complexity index is 541. The molecule has 4 rings (SSSR count). The van der Waals surface area contributed by atoms with Gasteiger partial charge in [0.1, 0.15) is 11.9 Å². The smallest absolute Gasteiger partial charge is 0.161 e. The monoisotopic (exact) mass is 318 g/mol. The van der Waals surface area contributed by atoms with E-state index in [1.54, 1.807) is 0 Å². The molecule has 128 valence electrons. The summed E-state index contributed by atoms with van der Waals surface area (Å²) in [6.45, 7) is 4.56. The summed E-state index contributed by atoms with van der Waals surface area (Å²) < 4.78 is 0. The molecule has 3 nitrogen and oxygen atoms in total. The van der Waals surface area contributed by atoms with Crippen LogP contribution < -0.4 is 0 Å². The van der Waals surface area contributed by atoms with Crippen LogP contribution in [0.1, 0.15) is 71.6 Å². The molecular weight excluding hydrogens is 288 g/mol. The second-order valence-corrected chi connectivity index (χ2v) is 9.25. The summed E-state index contributed by atoms with van der Waals surface area (Å²) in [7, 11) is 0. The molecule has 0 bridgehead atoms. The molecular formula is C20H30O3. The third-order valence-electron chi connectivity index (χ3n) is 8.51. The molecule has 0 saturated heterocycles. The Morgan fingerprint density at radius 3 is 2.48 bits per heavy atom. The maximum atomic E-state index is 12.6. The van der Waals surface area contributed by atoms with Gasteiger partial charge in [-0.1, -0.05) is 13.8 Å². The first kappa shape index (κ1) is 15.8. The van der Waals surface area contributed by atoms with Gasteiger partial charge in [-0.05, 0) is 74.0 Å². The van der Waals surface area contributed by atoms with E-state index in [-0.39, 0.29) is 22.5 Å². The summed E-state index contributed by atoms with van der Waals surface area (Å²) in [6, 6.07) is 0. The molecule has 0 amide bonds. The van der Waals surface area contributed by atoms with Gasteiger partial charge in [-0.3, -0.25) is 9.59 Å². The number of Topliss-reactive ketones (excluding diaryl/α,β-unsaturated/α-hetero) is 2. The average molecular weight is 318 g/mol. The molecule has 0 aromatic carbocycles. The first-order valence-corrected chi connectivity index (χ1v) is 9.62. The normalized spacial score (nSPS) is 53.3. The van der Waals surface area contributed by atoms with E-state index in [1.807, 2.05) is 0 Å². The second-order valence-electron chi connectivity index (χ2n) is 9.25. The lowest BCUT2D eigenvalue weighted by Gasteiger charge is -2.61. The molecule has 0 spiro atoms. The van der Waals surface area contributed by atoms with Crippen molar-refractivity contribution >= 4 is 11.6 Å². The fourth-order valence-corrected chi connectivity index (χ4v) is 7.11. The van der Waals surface area contributed by atoms with Gasteiger partial charge in [0.15, 0.2) is 5.78 Å². The molecule has 0 aromatic heterocycles. The number of hydrogen-bond donors (Lipinski definition) is 1. The Balaban J connectivity index is 1.66. The van der Waals surface area contributed by atoms with Crippen molar-refractivity contribution in [2.24, 2.45) is 34.5 Å². The van der Waals surface area contributed by atoms with Crippen molar-refractivity contribution in [2.75, 3.05) is 0 Å². The van der Waals surface area contributed by atoms with Crippen LogP contribution in [0.3, 0.4) is 0 Å². The molecule has 4 saturated carbocycles.